The van der Waals surface area contributed by atoms with Crippen molar-refractivity contribution in [2.24, 2.45) is 0 Å². The maximum atomic E-state index is 13.6. The van der Waals surface area contributed by atoms with Gasteiger partial charge in [0.15, 0.2) is 11.5 Å². The lowest BCUT2D eigenvalue weighted by atomic mass is 10.1. The molecule has 4 amide bonds. The summed E-state index contributed by atoms with van der Waals surface area (Å²) in [5, 5.41) is 4.85. The largest absolute Gasteiger partial charge is 0.493 e. The van der Waals surface area contributed by atoms with Crippen LogP contribution >= 0.6 is 11.8 Å². The molecule has 1 aliphatic rings. The first kappa shape index (κ1) is 34.5. The molecular weight excluding hydrogens is 646 g/mol. The summed E-state index contributed by atoms with van der Waals surface area (Å²) in [5.41, 5.74) is 1.97. The van der Waals surface area contributed by atoms with Gasteiger partial charge in [0.05, 0.1) is 37.3 Å². The van der Waals surface area contributed by atoms with E-state index in [9.17, 15) is 24.0 Å². The number of ether oxygens (including phenoxy) is 3. The van der Waals surface area contributed by atoms with E-state index in [0.29, 0.717) is 44.5 Å². The van der Waals surface area contributed by atoms with E-state index in [2.05, 4.69) is 10.6 Å². The third kappa shape index (κ3) is 8.17. The van der Waals surface area contributed by atoms with Gasteiger partial charge in [-0.25, -0.2) is 9.69 Å². The Balaban J connectivity index is 1.29. The fourth-order valence-corrected chi connectivity index (χ4v) is 6.09. The highest BCUT2D eigenvalue weighted by Gasteiger charge is 2.40. The lowest BCUT2D eigenvalue weighted by molar-refractivity contribution is -0.121. The average Bonchev–Trinajstić information content (AvgIpc) is 3.40. The summed E-state index contributed by atoms with van der Waals surface area (Å²) >= 11 is 1.23. The SMILES string of the molecule is CCOC(=O)c1ccc(N2C(=O)CC(Sc3ccc(NC(=O)/C(=C/c4cccc(OC)c4OC)NC(=O)c4ccccc4)cc3)C2=O)cc1. The standard InChI is InChI=1S/C37H33N3O8S/c1-4-48-37(45)24-13-17-27(18-14-24)40-32(41)22-31(36(40)44)49-28-19-15-26(16-20-28)38-35(43)29(39-34(42)23-9-6-5-7-10-23)21-25-11-8-12-30(46-2)33(25)47-3/h5-21,31H,4,22H2,1-3H3,(H,38,43)(H,39,42)/b29-21-. The van der Waals surface area contributed by atoms with Crippen LogP contribution in [0.15, 0.2) is 108 Å². The van der Waals surface area contributed by atoms with Crippen LogP contribution in [0.2, 0.25) is 0 Å². The van der Waals surface area contributed by atoms with Gasteiger partial charge in [-0.2, -0.15) is 0 Å². The average molecular weight is 680 g/mol. The molecule has 0 bridgehead atoms. The van der Waals surface area contributed by atoms with Gasteiger partial charge < -0.3 is 24.8 Å². The third-order valence-corrected chi connectivity index (χ3v) is 8.59. The van der Waals surface area contributed by atoms with Crippen LogP contribution in [-0.4, -0.2) is 55.7 Å². The normalized spacial score (nSPS) is 14.3. The lowest BCUT2D eigenvalue weighted by Crippen LogP contribution is -2.31. The van der Waals surface area contributed by atoms with Crippen molar-refractivity contribution in [3.05, 3.63) is 119 Å². The maximum Gasteiger partial charge on any atom is 0.338 e. The number of amides is 4. The summed E-state index contributed by atoms with van der Waals surface area (Å²) in [6.07, 6.45) is 1.51. The van der Waals surface area contributed by atoms with Crippen LogP contribution in [-0.2, 0) is 19.1 Å². The molecule has 1 aliphatic heterocycles. The van der Waals surface area contributed by atoms with Crippen LogP contribution in [0.25, 0.3) is 6.08 Å². The van der Waals surface area contributed by atoms with E-state index in [1.54, 1.807) is 91.9 Å². The van der Waals surface area contributed by atoms with E-state index >= 15 is 0 Å². The second kappa shape index (κ2) is 15.8. The molecule has 11 nitrogen and oxygen atoms in total. The van der Waals surface area contributed by atoms with Gasteiger partial charge in [-0.05, 0) is 79.7 Å². The topological polar surface area (TPSA) is 140 Å². The highest BCUT2D eigenvalue weighted by molar-refractivity contribution is 8.00. The second-order valence-corrected chi connectivity index (χ2v) is 11.9. The first-order valence-electron chi connectivity index (χ1n) is 15.2. The number of hydrogen-bond donors (Lipinski definition) is 2. The Morgan fingerprint density at radius 1 is 0.857 bits per heavy atom. The number of para-hydroxylation sites is 1. The molecule has 12 heteroatoms. The number of anilines is 2. The summed E-state index contributed by atoms with van der Waals surface area (Å²) in [4.78, 5) is 66.5. The fraction of sp³-hybridized carbons (Fsp3) is 0.162. The Kier molecular flexibility index (Phi) is 11.1. The molecule has 4 aromatic carbocycles. The number of nitrogens with one attached hydrogen (secondary N) is 2. The van der Waals surface area contributed by atoms with Crippen molar-refractivity contribution in [3.63, 3.8) is 0 Å². The van der Waals surface area contributed by atoms with E-state index in [1.807, 2.05) is 0 Å². The number of carbonyl (C=O) groups is 5. The summed E-state index contributed by atoms with van der Waals surface area (Å²) in [7, 11) is 2.98. The lowest BCUT2D eigenvalue weighted by Gasteiger charge is -2.15. The molecular formula is C37H33N3O8S. The molecule has 1 atom stereocenters. The number of imide groups is 1. The first-order chi connectivity index (χ1) is 23.7. The number of rotatable bonds is 12. The van der Waals surface area contributed by atoms with Gasteiger partial charge in [-0.1, -0.05) is 30.3 Å². The molecule has 0 aliphatic carbocycles. The van der Waals surface area contributed by atoms with Gasteiger partial charge >= 0.3 is 5.97 Å². The highest BCUT2D eigenvalue weighted by Crippen LogP contribution is 2.35. The van der Waals surface area contributed by atoms with Crippen molar-refractivity contribution in [1.82, 2.24) is 5.32 Å². The van der Waals surface area contributed by atoms with Crippen molar-refractivity contribution in [1.29, 1.82) is 0 Å². The predicted octanol–water partition coefficient (Wildman–Crippen LogP) is 5.71. The van der Waals surface area contributed by atoms with Crippen LogP contribution in [0.1, 0.15) is 39.6 Å². The van der Waals surface area contributed by atoms with Crippen molar-refractivity contribution in [2.75, 3.05) is 31.0 Å². The minimum atomic E-state index is -0.654. The van der Waals surface area contributed by atoms with Crippen LogP contribution in [0.4, 0.5) is 11.4 Å². The van der Waals surface area contributed by atoms with Gasteiger partial charge in [-0.15, -0.1) is 11.8 Å². The van der Waals surface area contributed by atoms with Gasteiger partial charge in [0.2, 0.25) is 11.8 Å². The van der Waals surface area contributed by atoms with Gasteiger partial charge in [0, 0.05) is 28.1 Å². The monoisotopic (exact) mass is 679 g/mol. The number of benzene rings is 4. The number of nitrogens with zero attached hydrogens (tertiary/aromatic N) is 1. The van der Waals surface area contributed by atoms with Crippen molar-refractivity contribution >= 4 is 58.8 Å². The minimum absolute atomic E-state index is 0.00458. The van der Waals surface area contributed by atoms with E-state index < -0.39 is 23.0 Å². The Bertz CT molecular complexity index is 1890. The van der Waals surface area contributed by atoms with Gasteiger partial charge in [0.25, 0.3) is 11.8 Å². The van der Waals surface area contributed by atoms with E-state index in [-0.39, 0.29) is 30.5 Å². The van der Waals surface area contributed by atoms with Crippen LogP contribution in [0.3, 0.4) is 0 Å². The molecule has 5 rings (SSSR count). The van der Waals surface area contributed by atoms with Crippen molar-refractivity contribution in [3.8, 4) is 11.5 Å². The Morgan fingerprint density at radius 3 is 2.22 bits per heavy atom. The maximum absolute atomic E-state index is 13.6. The number of carbonyl (C=O) groups excluding carboxylic acids is 5. The van der Waals surface area contributed by atoms with Crippen molar-refractivity contribution < 1.29 is 38.2 Å². The zero-order chi connectivity index (χ0) is 34.9. The Hall–Kier alpha value is -5.88. The number of hydrogen-bond acceptors (Lipinski definition) is 9. The molecule has 250 valence electrons. The summed E-state index contributed by atoms with van der Waals surface area (Å²) < 4.78 is 15.9. The molecule has 1 fully saturated rings. The molecule has 4 aromatic rings. The van der Waals surface area contributed by atoms with E-state index in [1.165, 1.54) is 44.2 Å². The molecule has 0 aromatic heterocycles. The summed E-state index contributed by atoms with van der Waals surface area (Å²) in [6.45, 7) is 1.95. The minimum Gasteiger partial charge on any atom is -0.493 e. The molecule has 0 radical (unpaired) electrons. The van der Waals surface area contributed by atoms with E-state index in [4.69, 9.17) is 14.2 Å². The smallest absolute Gasteiger partial charge is 0.338 e. The van der Waals surface area contributed by atoms with E-state index in [0.717, 1.165) is 4.90 Å². The number of methoxy groups -OCH3 is 2. The second-order valence-electron chi connectivity index (χ2n) is 10.6. The van der Waals surface area contributed by atoms with Gasteiger partial charge in [-0.3, -0.25) is 19.2 Å². The Labute approximate surface area is 287 Å². The highest BCUT2D eigenvalue weighted by atomic mass is 32.2. The van der Waals surface area contributed by atoms with Crippen molar-refractivity contribution in [2.45, 2.75) is 23.5 Å². The van der Waals surface area contributed by atoms with Crippen LogP contribution in [0.5, 0.6) is 11.5 Å². The summed E-state index contributed by atoms with van der Waals surface area (Å²) in [5.74, 6) is -1.42. The quantitative estimate of drug-likeness (QED) is 0.109. The molecule has 0 spiro atoms. The molecule has 2 N–H and O–H groups in total. The zero-order valence-corrected chi connectivity index (χ0v) is 27.7. The summed E-state index contributed by atoms with van der Waals surface area (Å²) in [6, 6.07) is 26.6. The predicted molar refractivity (Wildman–Crippen MR) is 186 cm³/mol. The molecule has 1 saturated heterocycles. The number of thioether (sulfide) groups is 1. The van der Waals surface area contributed by atoms with Crippen LogP contribution in [0, 0.1) is 0 Å². The van der Waals surface area contributed by atoms with Gasteiger partial charge in [0.1, 0.15) is 5.70 Å². The molecule has 49 heavy (non-hydrogen) atoms. The fourth-order valence-electron chi connectivity index (χ4n) is 5.03. The third-order valence-electron chi connectivity index (χ3n) is 7.39. The molecule has 0 saturated carbocycles. The number of esters is 1. The molecule has 1 unspecified atom stereocenters. The Morgan fingerprint density at radius 2 is 1.57 bits per heavy atom. The van der Waals surface area contributed by atoms with Crippen LogP contribution < -0.4 is 25.0 Å². The molecule has 1 heterocycles. The zero-order valence-electron chi connectivity index (χ0n) is 26.9. The first-order valence-corrected chi connectivity index (χ1v) is 16.1.